The van der Waals surface area contributed by atoms with Crippen LogP contribution in [0.4, 0.5) is 0 Å². The van der Waals surface area contributed by atoms with Crippen molar-refractivity contribution in [3.63, 3.8) is 0 Å². The lowest BCUT2D eigenvalue weighted by atomic mass is 10.0. The Kier molecular flexibility index (Phi) is 2.72. The average molecular weight is 142 g/mol. The molecule has 0 aromatic carbocycles. The smallest absolute Gasteiger partial charge is 0.308 e. The molecule has 0 aromatic rings. The van der Waals surface area contributed by atoms with Crippen molar-refractivity contribution >= 4 is 5.97 Å². The van der Waals surface area contributed by atoms with Crippen LogP contribution >= 0.6 is 0 Å². The number of hydrogen-bond acceptors (Lipinski definition) is 2. The Morgan fingerprint density at radius 1 is 1.40 bits per heavy atom. The van der Waals surface area contributed by atoms with Crippen LogP contribution in [0.1, 0.15) is 32.6 Å². The van der Waals surface area contributed by atoms with Gasteiger partial charge in [-0.3, -0.25) is 4.79 Å². The Hall–Kier alpha value is -0.530. The van der Waals surface area contributed by atoms with Crippen molar-refractivity contribution in [3.8, 4) is 0 Å². The Morgan fingerprint density at radius 3 is 3.00 bits per heavy atom. The second kappa shape index (κ2) is 3.59. The molecule has 0 aromatic heterocycles. The summed E-state index contributed by atoms with van der Waals surface area (Å²) in [5, 5.41) is 0. The van der Waals surface area contributed by atoms with E-state index in [1.165, 1.54) is 12.8 Å². The summed E-state index contributed by atoms with van der Waals surface area (Å²) in [6, 6.07) is 0. The largest absolute Gasteiger partial charge is 0.465 e. The highest BCUT2D eigenvalue weighted by Gasteiger charge is 2.15. The van der Waals surface area contributed by atoms with E-state index in [1.54, 1.807) is 0 Å². The van der Waals surface area contributed by atoms with E-state index in [4.69, 9.17) is 4.74 Å². The molecule has 1 rings (SSSR count). The van der Waals surface area contributed by atoms with Crippen LogP contribution in [0.15, 0.2) is 0 Å². The number of hydrogen-bond donors (Lipinski definition) is 0. The predicted molar refractivity (Wildman–Crippen MR) is 38.6 cm³/mol. The molecule has 0 N–H and O–H groups in total. The van der Waals surface area contributed by atoms with Crippen LogP contribution in [-0.4, -0.2) is 12.6 Å². The molecule has 0 spiro atoms. The number of rotatable bonds is 0. The van der Waals surface area contributed by atoms with Gasteiger partial charge in [0.25, 0.3) is 0 Å². The maximum absolute atomic E-state index is 10.9. The van der Waals surface area contributed by atoms with Gasteiger partial charge in [0, 0.05) is 0 Å². The first-order chi connectivity index (χ1) is 4.80. The maximum Gasteiger partial charge on any atom is 0.308 e. The van der Waals surface area contributed by atoms with E-state index in [1.807, 2.05) is 6.92 Å². The summed E-state index contributed by atoms with van der Waals surface area (Å²) in [5.74, 6) is 0.111. The molecule has 10 heavy (non-hydrogen) atoms. The fourth-order valence-electron chi connectivity index (χ4n) is 1.16. The lowest BCUT2D eigenvalue weighted by Gasteiger charge is -2.14. The first-order valence-electron chi connectivity index (χ1n) is 3.97. The number of carbonyl (C=O) groups excluding carboxylic acids is 1. The van der Waals surface area contributed by atoms with E-state index in [0.717, 1.165) is 12.8 Å². The van der Waals surface area contributed by atoms with Crippen LogP contribution in [-0.2, 0) is 9.53 Å². The first kappa shape index (κ1) is 7.58. The first-order valence-corrected chi connectivity index (χ1v) is 3.97. The molecule has 1 saturated heterocycles. The molecule has 1 fully saturated rings. The standard InChI is InChI=1S/C8H14O2/c1-7-5-3-2-4-6-10-8(7)9/h7H,2-6H2,1H3. The Balaban J connectivity index is 2.35. The lowest BCUT2D eigenvalue weighted by Crippen LogP contribution is -2.17. The molecule has 1 unspecified atom stereocenters. The third-order valence-electron chi connectivity index (χ3n) is 1.93. The van der Waals surface area contributed by atoms with Gasteiger partial charge in [-0.2, -0.15) is 0 Å². The Bertz CT molecular complexity index is 120. The van der Waals surface area contributed by atoms with Gasteiger partial charge in [0.1, 0.15) is 0 Å². The number of ether oxygens (including phenoxy) is 1. The monoisotopic (exact) mass is 142 g/mol. The lowest BCUT2D eigenvalue weighted by molar-refractivity contribution is -0.149. The Labute approximate surface area is 61.6 Å². The van der Waals surface area contributed by atoms with Gasteiger partial charge < -0.3 is 4.74 Å². The summed E-state index contributed by atoms with van der Waals surface area (Å²) in [5.41, 5.74) is 0. The summed E-state index contributed by atoms with van der Waals surface area (Å²) in [6.45, 7) is 2.57. The highest BCUT2D eigenvalue weighted by molar-refractivity contribution is 5.71. The van der Waals surface area contributed by atoms with Crippen molar-refractivity contribution in [1.29, 1.82) is 0 Å². The highest BCUT2D eigenvalue weighted by atomic mass is 16.5. The van der Waals surface area contributed by atoms with Crippen molar-refractivity contribution in [2.75, 3.05) is 6.61 Å². The molecule has 1 aliphatic rings. The topological polar surface area (TPSA) is 26.3 Å². The van der Waals surface area contributed by atoms with Crippen molar-refractivity contribution in [2.24, 2.45) is 5.92 Å². The fourth-order valence-corrected chi connectivity index (χ4v) is 1.16. The van der Waals surface area contributed by atoms with Gasteiger partial charge in [-0.1, -0.05) is 19.8 Å². The molecular formula is C8H14O2. The van der Waals surface area contributed by atoms with E-state index >= 15 is 0 Å². The van der Waals surface area contributed by atoms with Gasteiger partial charge in [-0.25, -0.2) is 0 Å². The van der Waals surface area contributed by atoms with Crippen molar-refractivity contribution in [2.45, 2.75) is 32.6 Å². The van der Waals surface area contributed by atoms with Gasteiger partial charge in [0.2, 0.25) is 0 Å². The zero-order valence-corrected chi connectivity index (χ0v) is 6.43. The normalized spacial score (nSPS) is 28.5. The molecule has 2 nitrogen and oxygen atoms in total. The predicted octanol–water partition coefficient (Wildman–Crippen LogP) is 1.74. The van der Waals surface area contributed by atoms with Crippen molar-refractivity contribution in [1.82, 2.24) is 0 Å². The van der Waals surface area contributed by atoms with Crippen molar-refractivity contribution < 1.29 is 9.53 Å². The summed E-state index contributed by atoms with van der Waals surface area (Å²) < 4.78 is 4.96. The van der Waals surface area contributed by atoms with Gasteiger partial charge in [-0.15, -0.1) is 0 Å². The zero-order chi connectivity index (χ0) is 7.40. The van der Waals surface area contributed by atoms with Crippen molar-refractivity contribution in [3.05, 3.63) is 0 Å². The summed E-state index contributed by atoms with van der Waals surface area (Å²) in [4.78, 5) is 10.9. The molecule has 1 heterocycles. The van der Waals surface area contributed by atoms with Crippen LogP contribution in [0.25, 0.3) is 0 Å². The van der Waals surface area contributed by atoms with Gasteiger partial charge in [0.15, 0.2) is 0 Å². The molecule has 0 radical (unpaired) electrons. The minimum absolute atomic E-state index is 0.0142. The van der Waals surface area contributed by atoms with Crippen LogP contribution in [0.5, 0.6) is 0 Å². The summed E-state index contributed by atoms with van der Waals surface area (Å²) >= 11 is 0. The van der Waals surface area contributed by atoms with Crippen LogP contribution in [0.3, 0.4) is 0 Å². The second-order valence-electron chi connectivity index (χ2n) is 2.92. The molecule has 0 amide bonds. The average Bonchev–Trinajstić information content (AvgIpc) is 1.92. The number of cyclic esters (lactones) is 1. The molecule has 2 heteroatoms. The van der Waals surface area contributed by atoms with E-state index in [9.17, 15) is 4.79 Å². The molecule has 0 aliphatic carbocycles. The molecule has 0 saturated carbocycles. The van der Waals surface area contributed by atoms with Crippen LogP contribution in [0, 0.1) is 5.92 Å². The molecule has 58 valence electrons. The SMILES string of the molecule is CC1CCCCCOC1=O. The van der Waals surface area contributed by atoms with Crippen LogP contribution in [0.2, 0.25) is 0 Å². The van der Waals surface area contributed by atoms with Gasteiger partial charge >= 0.3 is 5.97 Å². The molecule has 0 bridgehead atoms. The minimum atomic E-state index is -0.0142. The Morgan fingerprint density at radius 2 is 2.20 bits per heavy atom. The summed E-state index contributed by atoms with van der Waals surface area (Å²) in [7, 11) is 0. The van der Waals surface area contributed by atoms with Crippen LogP contribution < -0.4 is 0 Å². The number of carbonyl (C=O) groups is 1. The van der Waals surface area contributed by atoms with E-state index in [2.05, 4.69) is 0 Å². The third kappa shape index (κ3) is 2.01. The fraction of sp³-hybridized carbons (Fsp3) is 0.875. The molecule has 1 atom stereocenters. The number of esters is 1. The maximum atomic E-state index is 10.9. The molecule has 1 aliphatic heterocycles. The van der Waals surface area contributed by atoms with Gasteiger partial charge in [0.05, 0.1) is 12.5 Å². The quantitative estimate of drug-likeness (QED) is 0.481. The highest BCUT2D eigenvalue weighted by Crippen LogP contribution is 2.14. The second-order valence-corrected chi connectivity index (χ2v) is 2.92. The van der Waals surface area contributed by atoms with E-state index < -0.39 is 0 Å². The van der Waals surface area contributed by atoms with E-state index in [-0.39, 0.29) is 11.9 Å². The van der Waals surface area contributed by atoms with E-state index in [0.29, 0.717) is 6.61 Å². The zero-order valence-electron chi connectivity index (χ0n) is 6.43. The van der Waals surface area contributed by atoms with Gasteiger partial charge in [-0.05, 0) is 12.8 Å². The third-order valence-corrected chi connectivity index (χ3v) is 1.93. The minimum Gasteiger partial charge on any atom is -0.465 e. The molecular weight excluding hydrogens is 128 g/mol. The summed E-state index contributed by atoms with van der Waals surface area (Å²) in [6.07, 6.45) is 4.42.